The molecule has 2 rings (SSSR count). The summed E-state index contributed by atoms with van der Waals surface area (Å²) in [5.74, 6) is 0. The molecular weight excluding hydrogens is 205 g/mol. The predicted molar refractivity (Wildman–Crippen MR) is 53.0 cm³/mol. The number of aromatic nitrogens is 3. The zero-order valence-electron chi connectivity index (χ0n) is 7.81. The lowest BCUT2D eigenvalue weighted by Gasteiger charge is -2.11. The van der Waals surface area contributed by atoms with E-state index in [1.165, 1.54) is 20.0 Å². The van der Waals surface area contributed by atoms with Gasteiger partial charge < -0.3 is 0 Å². The minimum atomic E-state index is -1.45. The molecule has 0 atom stereocenters. The Kier molecular flexibility index (Phi) is 1.96. The van der Waals surface area contributed by atoms with Crippen LogP contribution in [0.1, 0.15) is 19.5 Å². The van der Waals surface area contributed by atoms with Gasteiger partial charge in [-0.25, -0.2) is 9.37 Å². The van der Waals surface area contributed by atoms with Gasteiger partial charge in [0, 0.05) is 17.6 Å². The van der Waals surface area contributed by atoms with E-state index in [-0.39, 0.29) is 0 Å². The average Bonchev–Trinajstić information content (AvgIpc) is 2.45. The number of nitrogens with one attached hydrogen (secondary N) is 1. The third kappa shape index (κ3) is 1.46. The fourth-order valence-electron chi connectivity index (χ4n) is 1.33. The fourth-order valence-corrected chi connectivity index (χ4v) is 1.49. The van der Waals surface area contributed by atoms with Crippen LogP contribution in [0.4, 0.5) is 4.39 Å². The Balaban J connectivity index is 2.70. The van der Waals surface area contributed by atoms with Crippen LogP contribution in [0.2, 0.25) is 5.15 Å². The molecule has 0 spiro atoms. The first kappa shape index (κ1) is 9.40. The third-order valence-electron chi connectivity index (χ3n) is 2.00. The van der Waals surface area contributed by atoms with Gasteiger partial charge in [0.1, 0.15) is 10.8 Å². The Labute approximate surface area is 85.3 Å². The highest BCUT2D eigenvalue weighted by Crippen LogP contribution is 2.29. The first-order valence-corrected chi connectivity index (χ1v) is 4.55. The second-order valence-corrected chi connectivity index (χ2v) is 3.98. The van der Waals surface area contributed by atoms with E-state index in [1.807, 2.05) is 0 Å². The molecule has 0 unspecified atom stereocenters. The molecule has 0 aromatic carbocycles. The lowest BCUT2D eigenvalue weighted by molar-refractivity contribution is 0.216. The van der Waals surface area contributed by atoms with Crippen molar-refractivity contribution < 1.29 is 4.39 Å². The van der Waals surface area contributed by atoms with Gasteiger partial charge in [-0.3, -0.25) is 5.10 Å². The molecule has 0 amide bonds. The van der Waals surface area contributed by atoms with Gasteiger partial charge in [0.05, 0.1) is 11.2 Å². The topological polar surface area (TPSA) is 41.6 Å². The molecule has 0 aliphatic carbocycles. The zero-order valence-corrected chi connectivity index (χ0v) is 8.56. The van der Waals surface area contributed by atoms with Gasteiger partial charge in [0.25, 0.3) is 0 Å². The highest BCUT2D eigenvalue weighted by molar-refractivity contribution is 6.30. The van der Waals surface area contributed by atoms with E-state index in [0.717, 1.165) is 0 Å². The van der Waals surface area contributed by atoms with Crippen molar-refractivity contribution in [2.45, 2.75) is 19.5 Å². The van der Waals surface area contributed by atoms with E-state index >= 15 is 0 Å². The van der Waals surface area contributed by atoms with Crippen LogP contribution in [0.5, 0.6) is 0 Å². The Morgan fingerprint density at radius 1 is 1.50 bits per heavy atom. The first-order chi connectivity index (χ1) is 6.48. The van der Waals surface area contributed by atoms with E-state index < -0.39 is 5.67 Å². The summed E-state index contributed by atoms with van der Waals surface area (Å²) in [6.45, 7) is 2.93. The number of nitrogens with zero attached hydrogens (tertiary/aromatic N) is 2. The van der Waals surface area contributed by atoms with E-state index in [9.17, 15) is 4.39 Å². The van der Waals surface area contributed by atoms with Crippen LogP contribution in [0.15, 0.2) is 12.3 Å². The van der Waals surface area contributed by atoms with Crippen LogP contribution < -0.4 is 0 Å². The molecule has 0 bridgehead atoms. The summed E-state index contributed by atoms with van der Waals surface area (Å²) < 4.78 is 13.7. The van der Waals surface area contributed by atoms with Crippen molar-refractivity contribution in [3.8, 4) is 0 Å². The van der Waals surface area contributed by atoms with Crippen molar-refractivity contribution in [3.63, 3.8) is 0 Å². The third-order valence-corrected chi connectivity index (χ3v) is 2.21. The highest BCUT2D eigenvalue weighted by atomic mass is 35.5. The molecule has 14 heavy (non-hydrogen) atoms. The number of halogens is 2. The Morgan fingerprint density at radius 3 is 2.86 bits per heavy atom. The van der Waals surface area contributed by atoms with Crippen LogP contribution in [-0.4, -0.2) is 15.2 Å². The van der Waals surface area contributed by atoms with Gasteiger partial charge in [-0.15, -0.1) is 0 Å². The van der Waals surface area contributed by atoms with Crippen molar-refractivity contribution >= 4 is 22.5 Å². The number of pyridine rings is 1. The van der Waals surface area contributed by atoms with E-state index in [2.05, 4.69) is 15.2 Å². The largest absolute Gasteiger partial charge is 0.278 e. The van der Waals surface area contributed by atoms with Gasteiger partial charge in [0.15, 0.2) is 0 Å². The molecule has 2 heterocycles. The smallest absolute Gasteiger partial charge is 0.147 e. The molecule has 2 aromatic heterocycles. The van der Waals surface area contributed by atoms with Crippen molar-refractivity contribution in [2.75, 3.05) is 0 Å². The standard InChI is InChI=1S/C9H9ClFN3/c1-9(2,11)8-5-4-12-7(10)3-6(5)13-14-8/h3-4H,1-2H3,(H,13,14). The Bertz CT molecular complexity index is 472. The number of hydrogen-bond donors (Lipinski definition) is 1. The Hall–Kier alpha value is -1.16. The number of hydrogen-bond acceptors (Lipinski definition) is 2. The van der Waals surface area contributed by atoms with E-state index in [0.29, 0.717) is 21.7 Å². The fraction of sp³-hybridized carbons (Fsp3) is 0.333. The SMILES string of the molecule is CC(C)(F)c1[nH]nc2cc(Cl)ncc12. The van der Waals surface area contributed by atoms with Crippen LogP contribution in [0.25, 0.3) is 10.9 Å². The van der Waals surface area contributed by atoms with E-state index in [4.69, 9.17) is 11.6 Å². The van der Waals surface area contributed by atoms with Gasteiger partial charge in [-0.2, -0.15) is 5.10 Å². The summed E-state index contributed by atoms with van der Waals surface area (Å²) in [7, 11) is 0. The maximum absolute atomic E-state index is 13.7. The van der Waals surface area contributed by atoms with Gasteiger partial charge in [-0.1, -0.05) is 11.6 Å². The second-order valence-electron chi connectivity index (χ2n) is 3.60. The molecule has 5 heteroatoms. The summed E-state index contributed by atoms with van der Waals surface area (Å²) in [4.78, 5) is 3.89. The summed E-state index contributed by atoms with van der Waals surface area (Å²) >= 11 is 5.68. The second kappa shape index (κ2) is 2.92. The maximum atomic E-state index is 13.7. The molecule has 3 nitrogen and oxygen atoms in total. The number of aromatic amines is 1. The van der Waals surface area contributed by atoms with Crippen molar-refractivity contribution in [1.82, 2.24) is 15.2 Å². The maximum Gasteiger partial charge on any atom is 0.147 e. The predicted octanol–water partition coefficient (Wildman–Crippen LogP) is 2.82. The summed E-state index contributed by atoms with van der Waals surface area (Å²) in [6, 6.07) is 1.60. The van der Waals surface area contributed by atoms with Crippen LogP contribution in [0, 0.1) is 0 Å². The lowest BCUT2D eigenvalue weighted by Crippen LogP contribution is -2.09. The van der Waals surface area contributed by atoms with Crippen molar-refractivity contribution in [1.29, 1.82) is 0 Å². The summed E-state index contributed by atoms with van der Waals surface area (Å²) in [5, 5.41) is 7.64. The van der Waals surface area contributed by atoms with Crippen LogP contribution >= 0.6 is 11.6 Å². The van der Waals surface area contributed by atoms with Gasteiger partial charge in [0.2, 0.25) is 0 Å². The molecule has 0 fully saturated rings. The number of alkyl halides is 1. The minimum absolute atomic E-state index is 0.354. The van der Waals surface area contributed by atoms with Crippen molar-refractivity contribution in [3.05, 3.63) is 23.1 Å². The van der Waals surface area contributed by atoms with Gasteiger partial charge in [-0.05, 0) is 13.8 Å². The molecule has 74 valence electrons. The molecule has 0 aliphatic rings. The normalized spacial score (nSPS) is 12.3. The molecule has 0 saturated carbocycles. The molecular formula is C9H9ClFN3. The number of fused-ring (bicyclic) bond motifs is 1. The summed E-state index contributed by atoms with van der Waals surface area (Å²) in [6.07, 6.45) is 1.53. The van der Waals surface area contributed by atoms with E-state index in [1.54, 1.807) is 6.07 Å². The number of H-pyrrole nitrogens is 1. The molecule has 0 radical (unpaired) electrons. The summed E-state index contributed by atoms with van der Waals surface area (Å²) in [5.41, 5.74) is -0.396. The van der Waals surface area contributed by atoms with Crippen molar-refractivity contribution in [2.24, 2.45) is 0 Å². The lowest BCUT2D eigenvalue weighted by atomic mass is 10.0. The van der Waals surface area contributed by atoms with Gasteiger partial charge >= 0.3 is 0 Å². The zero-order chi connectivity index (χ0) is 10.3. The van der Waals surface area contributed by atoms with Crippen LogP contribution in [-0.2, 0) is 5.67 Å². The first-order valence-electron chi connectivity index (χ1n) is 4.17. The molecule has 0 aliphatic heterocycles. The quantitative estimate of drug-likeness (QED) is 0.741. The highest BCUT2D eigenvalue weighted by Gasteiger charge is 2.24. The molecule has 0 saturated heterocycles. The monoisotopic (exact) mass is 213 g/mol. The minimum Gasteiger partial charge on any atom is -0.278 e. The van der Waals surface area contributed by atoms with Crippen LogP contribution in [0.3, 0.4) is 0 Å². The number of rotatable bonds is 1. The molecule has 1 N–H and O–H groups in total. The average molecular weight is 214 g/mol. The molecule has 2 aromatic rings. The Morgan fingerprint density at radius 2 is 2.21 bits per heavy atom.